The Morgan fingerprint density at radius 1 is 1.39 bits per heavy atom. The Labute approximate surface area is 193 Å². The van der Waals surface area contributed by atoms with Gasteiger partial charge in [0.1, 0.15) is 18.5 Å². The van der Waals surface area contributed by atoms with Crippen molar-refractivity contribution in [3.05, 3.63) is 46.8 Å². The highest BCUT2D eigenvalue weighted by Gasteiger charge is 2.34. The van der Waals surface area contributed by atoms with E-state index in [1.807, 2.05) is 7.05 Å². The van der Waals surface area contributed by atoms with Gasteiger partial charge in [0.25, 0.3) is 12.4 Å². The third-order valence-corrected chi connectivity index (χ3v) is 5.62. The van der Waals surface area contributed by atoms with E-state index in [4.69, 9.17) is 19.4 Å². The third-order valence-electron chi connectivity index (χ3n) is 5.62. The van der Waals surface area contributed by atoms with Crippen LogP contribution >= 0.6 is 0 Å². The van der Waals surface area contributed by atoms with Crippen LogP contribution in [0.2, 0.25) is 0 Å². The first-order chi connectivity index (χ1) is 15.8. The second-order valence-corrected chi connectivity index (χ2v) is 8.18. The van der Waals surface area contributed by atoms with Gasteiger partial charge >= 0.3 is 0 Å². The Hall–Kier alpha value is -2.95. The molecule has 0 aliphatic carbocycles. The van der Waals surface area contributed by atoms with Gasteiger partial charge in [0.15, 0.2) is 0 Å². The fraction of sp³-hybridized carbons (Fsp3) is 0.522. The van der Waals surface area contributed by atoms with E-state index in [9.17, 15) is 9.90 Å². The number of likely N-dealkylation sites (N-methyl/N-ethyl adjacent to an activating group) is 1. The first-order valence-corrected chi connectivity index (χ1v) is 10.8. The molecule has 0 radical (unpaired) electrons. The van der Waals surface area contributed by atoms with Crippen LogP contribution in [0.15, 0.2) is 24.5 Å². The minimum atomic E-state index is -0.778. The van der Waals surface area contributed by atoms with Gasteiger partial charge in [-0.15, -0.1) is 0 Å². The van der Waals surface area contributed by atoms with Crippen molar-refractivity contribution < 1.29 is 29.3 Å². The number of H-pyrrole nitrogens is 1. The zero-order chi connectivity index (χ0) is 24.4. The smallest absolute Gasteiger partial charge is 0.290 e. The van der Waals surface area contributed by atoms with Gasteiger partial charge in [0.05, 0.1) is 23.9 Å². The number of aliphatic hydroxyl groups is 1. The Morgan fingerprint density at radius 2 is 2.12 bits per heavy atom. The molecule has 2 aromatic rings. The van der Waals surface area contributed by atoms with Gasteiger partial charge in [-0.2, -0.15) is 5.10 Å². The summed E-state index contributed by atoms with van der Waals surface area (Å²) < 4.78 is 11.8. The molecular formula is C23H34N4O6. The number of aromatic nitrogens is 2. The largest absolute Gasteiger partial charge is 0.492 e. The maximum Gasteiger partial charge on any atom is 0.290 e. The molecule has 10 nitrogen and oxygen atoms in total. The van der Waals surface area contributed by atoms with Crippen LogP contribution in [0.25, 0.3) is 0 Å². The van der Waals surface area contributed by atoms with Gasteiger partial charge in [-0.05, 0) is 57.0 Å². The van der Waals surface area contributed by atoms with Gasteiger partial charge in [-0.3, -0.25) is 14.7 Å². The maximum atomic E-state index is 12.2. The number of hydrogen-bond acceptors (Lipinski definition) is 7. The van der Waals surface area contributed by atoms with Crippen LogP contribution in [0.4, 0.5) is 0 Å². The molecule has 1 aromatic carbocycles. The number of carbonyl (C=O) groups excluding carboxylic acids is 1. The van der Waals surface area contributed by atoms with Crippen LogP contribution in [0.1, 0.15) is 33.5 Å². The first kappa shape index (κ1) is 26.3. The molecular weight excluding hydrogens is 428 g/mol. The van der Waals surface area contributed by atoms with Gasteiger partial charge in [0, 0.05) is 25.9 Å². The standard InChI is InChI=1S/C22H32N4O4.CH2O2/c1-14-9-15(2)16(3)19(10-14)30-8-6-26(4)13-20-21(27)18(5-7-29-20)25-22(28)17-11-23-24-12-17;2-1-3/h9-12,18,20-21,27H,5-8,13H2,1-4H3,(H,23,24)(H,25,28);1H,(H,2,3)/t18-,20+,21-;/m0./s1. The molecule has 0 spiro atoms. The molecule has 3 atom stereocenters. The Balaban J connectivity index is 0.00000122. The highest BCUT2D eigenvalue weighted by molar-refractivity contribution is 5.93. The molecule has 0 bridgehead atoms. The van der Waals surface area contributed by atoms with Crippen molar-refractivity contribution in [2.75, 3.05) is 33.4 Å². The molecule has 33 heavy (non-hydrogen) atoms. The van der Waals surface area contributed by atoms with E-state index in [0.717, 1.165) is 11.3 Å². The fourth-order valence-corrected chi connectivity index (χ4v) is 3.68. The Kier molecular flexibility index (Phi) is 10.3. The fourth-order valence-electron chi connectivity index (χ4n) is 3.68. The molecule has 1 amide bonds. The van der Waals surface area contributed by atoms with E-state index in [0.29, 0.717) is 38.3 Å². The van der Waals surface area contributed by atoms with Crippen LogP contribution in [-0.4, -0.2) is 89.3 Å². The molecule has 1 fully saturated rings. The number of aliphatic hydroxyl groups excluding tert-OH is 1. The van der Waals surface area contributed by atoms with E-state index in [-0.39, 0.29) is 24.5 Å². The molecule has 1 aromatic heterocycles. The van der Waals surface area contributed by atoms with Crippen LogP contribution < -0.4 is 10.1 Å². The maximum absolute atomic E-state index is 12.2. The summed E-state index contributed by atoms with van der Waals surface area (Å²) >= 11 is 0. The van der Waals surface area contributed by atoms with Crippen molar-refractivity contribution in [3.8, 4) is 5.75 Å². The number of carbonyl (C=O) groups is 2. The molecule has 3 rings (SSSR count). The zero-order valence-electron chi connectivity index (χ0n) is 19.6. The lowest BCUT2D eigenvalue weighted by Gasteiger charge is -2.37. The van der Waals surface area contributed by atoms with E-state index in [1.165, 1.54) is 23.5 Å². The van der Waals surface area contributed by atoms with Crippen molar-refractivity contribution in [3.63, 3.8) is 0 Å². The van der Waals surface area contributed by atoms with Gasteiger partial charge in [0.2, 0.25) is 0 Å². The van der Waals surface area contributed by atoms with Crippen molar-refractivity contribution in [2.24, 2.45) is 0 Å². The van der Waals surface area contributed by atoms with Gasteiger partial charge in [-0.25, -0.2) is 0 Å². The summed E-state index contributed by atoms with van der Waals surface area (Å²) in [5.74, 6) is 0.663. The molecule has 2 heterocycles. The number of amides is 1. The lowest BCUT2D eigenvalue weighted by Crippen LogP contribution is -2.56. The van der Waals surface area contributed by atoms with Crippen LogP contribution in [0, 0.1) is 20.8 Å². The first-order valence-electron chi connectivity index (χ1n) is 10.8. The highest BCUT2D eigenvalue weighted by atomic mass is 16.5. The van der Waals surface area contributed by atoms with Crippen molar-refractivity contribution in [2.45, 2.75) is 45.4 Å². The molecule has 10 heteroatoms. The SMILES string of the molecule is Cc1cc(C)c(C)c(OCCN(C)C[C@H]2OCC[C@H](NC(=O)c3cn[nH]c3)[C@@H]2O)c1.O=CO. The number of nitrogens with one attached hydrogen (secondary N) is 2. The van der Waals surface area contributed by atoms with Gasteiger partial charge < -0.3 is 29.9 Å². The van der Waals surface area contributed by atoms with E-state index in [2.05, 4.69) is 53.3 Å². The van der Waals surface area contributed by atoms with Crippen molar-refractivity contribution in [1.82, 2.24) is 20.4 Å². The van der Waals surface area contributed by atoms with E-state index in [1.54, 1.807) is 0 Å². The number of hydrogen-bond donors (Lipinski definition) is 4. The summed E-state index contributed by atoms with van der Waals surface area (Å²) in [4.78, 5) is 22.7. The predicted molar refractivity (Wildman–Crippen MR) is 123 cm³/mol. The minimum Gasteiger partial charge on any atom is -0.492 e. The number of carboxylic acid groups (broad SMARTS) is 1. The van der Waals surface area contributed by atoms with Crippen LogP contribution in [-0.2, 0) is 9.53 Å². The third kappa shape index (κ3) is 7.85. The zero-order valence-corrected chi connectivity index (χ0v) is 19.6. The second kappa shape index (κ2) is 12.9. The topological polar surface area (TPSA) is 137 Å². The lowest BCUT2D eigenvalue weighted by molar-refractivity contribution is -0.122. The molecule has 1 aliphatic rings. The van der Waals surface area contributed by atoms with Gasteiger partial charge in [-0.1, -0.05) is 6.07 Å². The number of benzene rings is 1. The number of aryl methyl sites for hydroxylation is 2. The molecule has 4 N–H and O–H groups in total. The molecule has 0 unspecified atom stereocenters. The van der Waals surface area contributed by atoms with E-state index < -0.39 is 6.10 Å². The number of rotatable bonds is 8. The highest BCUT2D eigenvalue weighted by Crippen LogP contribution is 2.23. The predicted octanol–water partition coefficient (Wildman–Crippen LogP) is 1.29. The second-order valence-electron chi connectivity index (χ2n) is 8.18. The summed E-state index contributed by atoms with van der Waals surface area (Å²) in [7, 11) is 1.97. The summed E-state index contributed by atoms with van der Waals surface area (Å²) in [5, 5.41) is 26.9. The molecule has 182 valence electrons. The van der Waals surface area contributed by atoms with Crippen LogP contribution in [0.5, 0.6) is 5.75 Å². The molecule has 1 saturated heterocycles. The Morgan fingerprint density at radius 3 is 2.79 bits per heavy atom. The number of nitrogens with zero attached hydrogens (tertiary/aromatic N) is 2. The summed E-state index contributed by atoms with van der Waals surface area (Å²) in [6, 6.07) is 3.86. The lowest BCUT2D eigenvalue weighted by atomic mass is 9.98. The average Bonchev–Trinajstić information content (AvgIpc) is 3.30. The summed E-state index contributed by atoms with van der Waals surface area (Å²) in [6.45, 7) is 8.26. The van der Waals surface area contributed by atoms with E-state index >= 15 is 0 Å². The number of aromatic amines is 1. The monoisotopic (exact) mass is 462 g/mol. The summed E-state index contributed by atoms with van der Waals surface area (Å²) in [6.07, 6.45) is 2.41. The summed E-state index contributed by atoms with van der Waals surface area (Å²) in [5.41, 5.74) is 4.01. The Bertz CT molecular complexity index is 889. The normalized spacial score (nSPS) is 20.0. The van der Waals surface area contributed by atoms with Crippen LogP contribution in [0.3, 0.4) is 0 Å². The quantitative estimate of drug-likeness (QED) is 0.431. The van der Waals surface area contributed by atoms with Crippen molar-refractivity contribution in [1.29, 1.82) is 0 Å². The minimum absolute atomic E-state index is 0.250. The van der Waals surface area contributed by atoms with Crippen molar-refractivity contribution >= 4 is 12.4 Å². The average molecular weight is 463 g/mol. The molecule has 1 aliphatic heterocycles. The number of ether oxygens (including phenoxy) is 2. The molecule has 0 saturated carbocycles.